The molecule has 0 radical (unpaired) electrons. The Bertz CT molecular complexity index is 1310. The van der Waals surface area contributed by atoms with Crippen LogP contribution in [0.15, 0.2) is 77.5 Å². The van der Waals surface area contributed by atoms with Crippen LogP contribution >= 0.6 is 11.6 Å². The second-order valence-electron chi connectivity index (χ2n) is 7.83. The maximum absolute atomic E-state index is 12.9. The molecule has 1 heterocycles. The zero-order chi connectivity index (χ0) is 23.7. The van der Waals surface area contributed by atoms with E-state index in [0.717, 1.165) is 21.6 Å². The first-order valence-corrected chi connectivity index (χ1v) is 10.6. The van der Waals surface area contributed by atoms with Crippen molar-refractivity contribution in [3.05, 3.63) is 99.7 Å². The average molecular weight is 461 g/mol. The molecule has 33 heavy (non-hydrogen) atoms. The number of imide groups is 1. The summed E-state index contributed by atoms with van der Waals surface area (Å²) in [7, 11) is 0. The number of rotatable bonds is 5. The van der Waals surface area contributed by atoms with Gasteiger partial charge in [0.05, 0.1) is 11.3 Å². The van der Waals surface area contributed by atoms with Crippen molar-refractivity contribution in [1.82, 2.24) is 0 Å². The van der Waals surface area contributed by atoms with Crippen LogP contribution in [0.25, 0.3) is 0 Å². The molecule has 0 bridgehead atoms. The number of aryl methyl sites for hydroxylation is 3. The zero-order valence-corrected chi connectivity index (χ0v) is 19.1. The molecule has 3 aromatic carbocycles. The fourth-order valence-electron chi connectivity index (χ4n) is 3.52. The van der Waals surface area contributed by atoms with Crippen molar-refractivity contribution in [2.24, 2.45) is 0 Å². The number of carbonyl (C=O) groups is 3. The van der Waals surface area contributed by atoms with Gasteiger partial charge in [0.25, 0.3) is 11.8 Å². The molecule has 1 aliphatic heterocycles. The molecule has 166 valence electrons. The third kappa shape index (κ3) is 4.52. The van der Waals surface area contributed by atoms with E-state index in [1.165, 1.54) is 0 Å². The molecule has 1 aliphatic rings. The number of anilines is 2. The van der Waals surface area contributed by atoms with Crippen LogP contribution in [-0.4, -0.2) is 17.8 Å². The molecule has 3 aromatic rings. The third-order valence-corrected chi connectivity index (χ3v) is 5.56. The first-order chi connectivity index (χ1) is 15.7. The number of nitrogens with zero attached hydrogens (tertiary/aromatic N) is 1. The molecule has 1 N–H and O–H groups in total. The van der Waals surface area contributed by atoms with Crippen LogP contribution in [0.3, 0.4) is 0 Å². The molecule has 0 unspecified atom stereocenters. The van der Waals surface area contributed by atoms with Crippen molar-refractivity contribution >= 4 is 40.8 Å². The van der Waals surface area contributed by atoms with Crippen molar-refractivity contribution < 1.29 is 19.1 Å². The van der Waals surface area contributed by atoms with Gasteiger partial charge in [-0.25, -0.2) is 9.69 Å². The van der Waals surface area contributed by atoms with Crippen molar-refractivity contribution in [2.45, 2.75) is 20.8 Å². The van der Waals surface area contributed by atoms with Gasteiger partial charge in [-0.05, 0) is 74.4 Å². The summed E-state index contributed by atoms with van der Waals surface area (Å²) >= 11 is 6.19. The van der Waals surface area contributed by atoms with Gasteiger partial charge in [0.15, 0.2) is 0 Å². The van der Waals surface area contributed by atoms with Gasteiger partial charge < -0.3 is 10.1 Å². The summed E-state index contributed by atoms with van der Waals surface area (Å²) in [5, 5.41) is 2.71. The molecule has 7 heteroatoms. The Morgan fingerprint density at radius 1 is 0.879 bits per heavy atom. The lowest BCUT2D eigenvalue weighted by Crippen LogP contribution is -2.32. The van der Waals surface area contributed by atoms with Gasteiger partial charge >= 0.3 is 5.97 Å². The number of benzene rings is 3. The Morgan fingerprint density at radius 3 is 2.24 bits per heavy atom. The van der Waals surface area contributed by atoms with E-state index in [4.69, 9.17) is 16.3 Å². The zero-order valence-electron chi connectivity index (χ0n) is 18.3. The summed E-state index contributed by atoms with van der Waals surface area (Å²) in [4.78, 5) is 39.0. The molecular formula is C26H21ClN2O4. The minimum Gasteiger partial charge on any atom is -0.423 e. The molecule has 0 saturated carbocycles. The molecule has 4 rings (SSSR count). The molecule has 6 nitrogen and oxygen atoms in total. The number of halogens is 1. The largest absolute Gasteiger partial charge is 0.423 e. The highest BCUT2D eigenvalue weighted by molar-refractivity contribution is 6.53. The van der Waals surface area contributed by atoms with Crippen LogP contribution in [-0.2, 0) is 9.59 Å². The fourth-order valence-corrected chi connectivity index (χ4v) is 3.73. The SMILES string of the molecule is Cc1cccc(N2C(=O)C(Cl)=C(Nc3ccc(C(=O)Oc4ccc(C)cc4C)cc3)C2=O)c1. The van der Waals surface area contributed by atoms with E-state index in [0.29, 0.717) is 22.7 Å². The number of hydrogen-bond donors (Lipinski definition) is 1. The lowest BCUT2D eigenvalue weighted by molar-refractivity contribution is -0.120. The molecule has 2 amide bonds. The van der Waals surface area contributed by atoms with Crippen LogP contribution in [0.4, 0.5) is 11.4 Å². The number of hydrogen-bond acceptors (Lipinski definition) is 5. The van der Waals surface area contributed by atoms with E-state index in [2.05, 4.69) is 5.32 Å². The van der Waals surface area contributed by atoms with Crippen LogP contribution in [0.5, 0.6) is 5.75 Å². The summed E-state index contributed by atoms with van der Waals surface area (Å²) in [5.74, 6) is -1.14. The maximum atomic E-state index is 12.9. The van der Waals surface area contributed by atoms with Crippen molar-refractivity contribution in [2.75, 3.05) is 10.2 Å². The highest BCUT2D eigenvalue weighted by Gasteiger charge is 2.39. The first-order valence-electron chi connectivity index (χ1n) is 10.3. The summed E-state index contributed by atoms with van der Waals surface area (Å²) in [6, 6.07) is 19.0. The van der Waals surface area contributed by atoms with E-state index in [1.807, 2.05) is 39.0 Å². The summed E-state index contributed by atoms with van der Waals surface area (Å²) in [6.45, 7) is 5.71. The van der Waals surface area contributed by atoms with E-state index in [-0.39, 0.29) is 10.7 Å². The normalized spacial score (nSPS) is 13.5. The number of carbonyl (C=O) groups excluding carboxylic acids is 3. The Labute approximate surface area is 196 Å². The van der Waals surface area contributed by atoms with Gasteiger partial charge in [-0.15, -0.1) is 0 Å². The minimum atomic E-state index is -0.594. The third-order valence-electron chi connectivity index (χ3n) is 5.21. The first kappa shape index (κ1) is 22.3. The van der Waals surface area contributed by atoms with E-state index < -0.39 is 17.8 Å². The van der Waals surface area contributed by atoms with Crippen LogP contribution < -0.4 is 15.0 Å². The lowest BCUT2D eigenvalue weighted by Gasteiger charge is -2.15. The van der Waals surface area contributed by atoms with Crippen molar-refractivity contribution in [3.8, 4) is 5.75 Å². The van der Waals surface area contributed by atoms with Gasteiger partial charge in [0.2, 0.25) is 0 Å². The van der Waals surface area contributed by atoms with Crippen molar-refractivity contribution in [3.63, 3.8) is 0 Å². The minimum absolute atomic E-state index is 0.0196. The van der Waals surface area contributed by atoms with Crippen LogP contribution in [0.1, 0.15) is 27.0 Å². The van der Waals surface area contributed by atoms with E-state index in [1.54, 1.807) is 48.5 Å². The molecule has 0 aromatic heterocycles. The lowest BCUT2D eigenvalue weighted by atomic mass is 10.1. The summed E-state index contributed by atoms with van der Waals surface area (Å²) < 4.78 is 5.49. The molecule has 0 saturated heterocycles. The van der Waals surface area contributed by atoms with E-state index >= 15 is 0 Å². The Kier molecular flexibility index (Phi) is 6.03. The van der Waals surface area contributed by atoms with Crippen molar-refractivity contribution in [1.29, 1.82) is 0 Å². The molecule has 0 aliphatic carbocycles. The molecule has 0 atom stereocenters. The predicted molar refractivity (Wildman–Crippen MR) is 127 cm³/mol. The summed E-state index contributed by atoms with van der Waals surface area (Å²) in [5.41, 5.74) is 4.13. The summed E-state index contributed by atoms with van der Waals surface area (Å²) in [6.07, 6.45) is 0. The maximum Gasteiger partial charge on any atom is 0.343 e. The number of ether oxygens (including phenoxy) is 1. The Hall–Kier alpha value is -3.90. The van der Waals surface area contributed by atoms with Gasteiger partial charge in [0.1, 0.15) is 16.5 Å². The number of nitrogens with one attached hydrogen (secondary N) is 1. The highest BCUT2D eigenvalue weighted by Crippen LogP contribution is 2.30. The van der Waals surface area contributed by atoms with Gasteiger partial charge in [-0.1, -0.05) is 41.4 Å². The standard InChI is InChI=1S/C26H21ClN2O4/c1-15-5-4-6-20(14-15)29-24(30)22(27)23(25(29)31)28-19-10-8-18(9-11-19)26(32)33-21-12-7-16(2)13-17(21)3/h4-14,28H,1-3H3. The number of esters is 1. The Balaban J connectivity index is 1.49. The average Bonchev–Trinajstić information content (AvgIpc) is 2.99. The Morgan fingerprint density at radius 2 is 1.58 bits per heavy atom. The monoisotopic (exact) mass is 460 g/mol. The topological polar surface area (TPSA) is 75.7 Å². The van der Waals surface area contributed by atoms with Gasteiger partial charge in [0, 0.05) is 5.69 Å². The van der Waals surface area contributed by atoms with E-state index in [9.17, 15) is 14.4 Å². The predicted octanol–water partition coefficient (Wildman–Crippen LogP) is 5.27. The quantitative estimate of drug-likeness (QED) is 0.319. The highest BCUT2D eigenvalue weighted by atomic mass is 35.5. The second-order valence-corrected chi connectivity index (χ2v) is 8.21. The number of amides is 2. The smallest absolute Gasteiger partial charge is 0.343 e. The van der Waals surface area contributed by atoms with Crippen LogP contribution in [0.2, 0.25) is 0 Å². The molecular weight excluding hydrogens is 440 g/mol. The van der Waals surface area contributed by atoms with Gasteiger partial charge in [-0.2, -0.15) is 0 Å². The second kappa shape index (κ2) is 8.92. The van der Waals surface area contributed by atoms with Gasteiger partial charge in [-0.3, -0.25) is 9.59 Å². The fraction of sp³-hybridized carbons (Fsp3) is 0.115. The molecule has 0 spiro atoms. The van der Waals surface area contributed by atoms with Crippen LogP contribution in [0, 0.1) is 20.8 Å². The molecule has 0 fully saturated rings.